The van der Waals surface area contributed by atoms with Crippen LogP contribution in [0.2, 0.25) is 0 Å². The Morgan fingerprint density at radius 3 is 1.49 bits per heavy atom. The fourth-order valence-electron chi connectivity index (χ4n) is 7.02. The van der Waals surface area contributed by atoms with E-state index in [1.807, 2.05) is 0 Å². The minimum Gasteiger partial charge on any atom is -0.462 e. The molecule has 4 N–H and O–H groups in total. The first-order valence-corrected chi connectivity index (χ1v) is 24.4. The van der Waals surface area contributed by atoms with Gasteiger partial charge in [-0.2, -0.15) is 8.42 Å². The summed E-state index contributed by atoms with van der Waals surface area (Å²) in [7, 11) is -4.60. The Hall–Kier alpha value is -1.61. The van der Waals surface area contributed by atoms with Crippen LogP contribution in [0.15, 0.2) is 12.2 Å². The number of unbranched alkanes of at least 4 members (excludes halogenated alkanes) is 24. The minimum atomic E-state index is -4.60. The molecule has 0 saturated carbocycles. The molecule has 0 aromatic carbocycles. The van der Waals surface area contributed by atoms with Crippen molar-refractivity contribution >= 4 is 22.1 Å². The van der Waals surface area contributed by atoms with Crippen molar-refractivity contribution in [3.05, 3.63) is 12.2 Å². The highest BCUT2D eigenvalue weighted by atomic mass is 32.2. The summed E-state index contributed by atoms with van der Waals surface area (Å²) < 4.78 is 54.0. The zero-order valence-electron chi connectivity index (χ0n) is 35.7. The van der Waals surface area contributed by atoms with Gasteiger partial charge in [0, 0.05) is 12.8 Å². The Morgan fingerprint density at radius 2 is 1.00 bits per heavy atom. The van der Waals surface area contributed by atoms with E-state index >= 15 is 0 Å². The van der Waals surface area contributed by atoms with Crippen LogP contribution in [0.25, 0.3) is 0 Å². The van der Waals surface area contributed by atoms with Crippen molar-refractivity contribution in [2.75, 3.05) is 19.0 Å². The highest BCUT2D eigenvalue weighted by Gasteiger charge is 2.46. The van der Waals surface area contributed by atoms with Crippen molar-refractivity contribution in [3.63, 3.8) is 0 Å². The molecule has 1 aliphatic heterocycles. The van der Waals surface area contributed by atoms with Crippen molar-refractivity contribution in [1.82, 2.24) is 0 Å². The van der Waals surface area contributed by atoms with Gasteiger partial charge in [0.25, 0.3) is 10.1 Å². The monoisotopic (exact) mass is 835 g/mol. The first-order chi connectivity index (χ1) is 27.5. The number of aliphatic hydroxyl groups is 3. The smallest absolute Gasteiger partial charge is 0.306 e. The number of allylic oxidation sites excluding steroid dienone is 2. The van der Waals surface area contributed by atoms with Gasteiger partial charge in [0.05, 0.1) is 6.61 Å². The predicted octanol–water partition coefficient (Wildman–Crippen LogP) is 9.06. The van der Waals surface area contributed by atoms with E-state index in [4.69, 9.17) is 18.9 Å². The second-order valence-electron chi connectivity index (χ2n) is 16.1. The molecule has 0 amide bonds. The summed E-state index contributed by atoms with van der Waals surface area (Å²) >= 11 is 0. The number of carbonyl (C=O) groups is 2. The van der Waals surface area contributed by atoms with E-state index in [9.17, 15) is 37.9 Å². The number of aliphatic hydroxyl groups excluding tert-OH is 3. The van der Waals surface area contributed by atoms with Crippen LogP contribution in [0.5, 0.6) is 0 Å². The molecule has 0 aromatic heterocycles. The molecule has 0 spiro atoms. The molecule has 2 unspecified atom stereocenters. The lowest BCUT2D eigenvalue weighted by Gasteiger charge is -2.40. The summed E-state index contributed by atoms with van der Waals surface area (Å²) in [6.07, 6.45) is 26.9. The third-order valence-electron chi connectivity index (χ3n) is 10.6. The molecule has 1 rings (SSSR count). The molecule has 13 heteroatoms. The van der Waals surface area contributed by atoms with Gasteiger partial charge in [-0.25, -0.2) is 0 Å². The molecular formula is C44H82O12S. The fourth-order valence-corrected chi connectivity index (χ4v) is 7.72. The molecule has 1 saturated heterocycles. The summed E-state index contributed by atoms with van der Waals surface area (Å²) in [5.41, 5.74) is 0. The highest BCUT2D eigenvalue weighted by molar-refractivity contribution is 7.85. The summed E-state index contributed by atoms with van der Waals surface area (Å²) in [4.78, 5) is 25.4. The molecule has 0 aliphatic carbocycles. The maximum atomic E-state index is 12.8. The van der Waals surface area contributed by atoms with E-state index in [2.05, 4.69) is 26.0 Å². The Labute approximate surface area is 346 Å². The van der Waals surface area contributed by atoms with Crippen LogP contribution in [0.1, 0.15) is 200 Å². The number of ether oxygens (including phenoxy) is 4. The minimum absolute atomic E-state index is 0.158. The average molecular weight is 835 g/mol. The first-order valence-electron chi connectivity index (χ1n) is 22.7. The number of esters is 2. The lowest BCUT2D eigenvalue weighted by Crippen LogP contribution is -2.60. The average Bonchev–Trinajstić information content (AvgIpc) is 3.17. The molecule has 1 aliphatic rings. The largest absolute Gasteiger partial charge is 0.462 e. The summed E-state index contributed by atoms with van der Waals surface area (Å²) in [5, 5.41) is 30.8. The van der Waals surface area contributed by atoms with E-state index in [1.165, 1.54) is 103 Å². The topological polar surface area (TPSA) is 186 Å². The molecule has 57 heavy (non-hydrogen) atoms. The van der Waals surface area contributed by atoms with E-state index in [0.717, 1.165) is 57.8 Å². The van der Waals surface area contributed by atoms with E-state index in [-0.39, 0.29) is 19.4 Å². The fraction of sp³-hybridized carbons (Fsp3) is 0.909. The molecule has 12 nitrogen and oxygen atoms in total. The maximum absolute atomic E-state index is 12.8. The third-order valence-corrected chi connectivity index (χ3v) is 11.3. The van der Waals surface area contributed by atoms with Crippen molar-refractivity contribution < 1.29 is 56.8 Å². The van der Waals surface area contributed by atoms with Crippen LogP contribution >= 0.6 is 0 Å². The molecule has 0 aromatic rings. The Balaban J connectivity index is 2.42. The predicted molar refractivity (Wildman–Crippen MR) is 224 cm³/mol. The lowest BCUT2D eigenvalue weighted by molar-refractivity contribution is -0.297. The number of hydrogen-bond donors (Lipinski definition) is 4. The van der Waals surface area contributed by atoms with Gasteiger partial charge in [-0.15, -0.1) is 0 Å². The molecular weight excluding hydrogens is 753 g/mol. The highest BCUT2D eigenvalue weighted by Crippen LogP contribution is 2.24. The third kappa shape index (κ3) is 30.1. The summed E-state index contributed by atoms with van der Waals surface area (Å²) in [6, 6.07) is 0. The van der Waals surface area contributed by atoms with Gasteiger partial charge in [0.2, 0.25) is 0 Å². The van der Waals surface area contributed by atoms with Crippen LogP contribution < -0.4 is 0 Å². The molecule has 1 heterocycles. The Morgan fingerprint density at radius 1 is 0.579 bits per heavy atom. The van der Waals surface area contributed by atoms with Gasteiger partial charge in [-0.3, -0.25) is 14.1 Å². The number of hydrogen-bond acceptors (Lipinski definition) is 11. The normalized spacial score (nSPS) is 20.6. The van der Waals surface area contributed by atoms with Gasteiger partial charge in [-0.1, -0.05) is 161 Å². The molecule has 336 valence electrons. The SMILES string of the molecule is CCCCC/C=C/CCCCCCCC(=O)O[C@H](COC(=O)CCCCCCCCCCCCCCCCCCC)CO[C@H]1O[C@H](CS(=O)(=O)O)[C@@H](O)C(O)C1O. The second-order valence-corrected chi connectivity index (χ2v) is 17.6. The lowest BCUT2D eigenvalue weighted by atomic mass is 10.00. The summed E-state index contributed by atoms with van der Waals surface area (Å²) in [6.45, 7) is 3.74. The van der Waals surface area contributed by atoms with Crippen LogP contribution in [0.3, 0.4) is 0 Å². The van der Waals surface area contributed by atoms with Crippen LogP contribution in [0, 0.1) is 0 Å². The number of rotatable bonds is 38. The molecule has 0 bridgehead atoms. The van der Waals surface area contributed by atoms with Crippen molar-refractivity contribution in [2.45, 2.75) is 237 Å². The quantitative estimate of drug-likeness (QED) is 0.0200. The molecule has 0 radical (unpaired) electrons. The van der Waals surface area contributed by atoms with Crippen molar-refractivity contribution in [1.29, 1.82) is 0 Å². The van der Waals surface area contributed by atoms with Crippen LogP contribution in [0.4, 0.5) is 0 Å². The van der Waals surface area contributed by atoms with Crippen LogP contribution in [-0.2, 0) is 38.7 Å². The Kier molecular flexibility index (Phi) is 33.0. The van der Waals surface area contributed by atoms with Gasteiger partial charge < -0.3 is 34.3 Å². The van der Waals surface area contributed by atoms with E-state index in [0.29, 0.717) is 12.8 Å². The van der Waals surface area contributed by atoms with Gasteiger partial charge in [0.15, 0.2) is 12.4 Å². The van der Waals surface area contributed by atoms with E-state index in [1.54, 1.807) is 0 Å². The van der Waals surface area contributed by atoms with Gasteiger partial charge in [-0.05, 0) is 38.5 Å². The number of carbonyl (C=O) groups excluding carboxylic acids is 2. The summed E-state index contributed by atoms with van der Waals surface area (Å²) in [5.74, 6) is -1.98. The Bertz CT molecular complexity index is 1120. The molecule has 1 fully saturated rings. The zero-order valence-corrected chi connectivity index (χ0v) is 36.5. The van der Waals surface area contributed by atoms with E-state index < -0.39 is 71.2 Å². The van der Waals surface area contributed by atoms with Crippen molar-refractivity contribution in [2.24, 2.45) is 0 Å². The van der Waals surface area contributed by atoms with Crippen molar-refractivity contribution in [3.8, 4) is 0 Å². The maximum Gasteiger partial charge on any atom is 0.306 e. The van der Waals surface area contributed by atoms with Crippen LogP contribution in [-0.4, -0.2) is 96.0 Å². The zero-order chi connectivity index (χ0) is 42.0. The standard InChI is InChI=1S/C44H82O12S/c1-3-5-7-9-11-13-15-17-18-19-20-21-23-24-26-28-30-32-39(45)53-34-37(35-54-44-43(49)42(48)41(47)38(56-44)36-57(50,51)52)55-40(46)33-31-29-27-25-22-16-14-12-10-8-6-4-2/h12,14,37-38,41-44,47-49H,3-11,13,15-36H2,1-2H3,(H,50,51,52)/b14-12+/t37-,38-,41-,42?,43?,44+/m1/s1. The molecule has 6 atom stereocenters. The van der Waals surface area contributed by atoms with Gasteiger partial charge in [0.1, 0.15) is 36.8 Å². The van der Waals surface area contributed by atoms with Gasteiger partial charge >= 0.3 is 11.9 Å². The second kappa shape index (κ2) is 35.2. The first kappa shape index (κ1) is 53.4.